The standard InChI is InChI=1S/C15H23NO2S/c1-11(2)8-13(17)9-16-15(18)10-19-14-7-5-4-6-12(14)3/h4-7,11,13,17H,8-10H2,1-3H3,(H,16,18). The van der Waals surface area contributed by atoms with Crippen LogP contribution in [-0.2, 0) is 4.79 Å². The van der Waals surface area contributed by atoms with Crippen molar-refractivity contribution in [2.45, 2.75) is 38.2 Å². The van der Waals surface area contributed by atoms with Crippen molar-refractivity contribution in [2.75, 3.05) is 12.3 Å². The number of amides is 1. The molecule has 0 heterocycles. The number of benzene rings is 1. The highest BCUT2D eigenvalue weighted by molar-refractivity contribution is 8.00. The molecule has 19 heavy (non-hydrogen) atoms. The monoisotopic (exact) mass is 281 g/mol. The van der Waals surface area contributed by atoms with Crippen molar-refractivity contribution in [3.63, 3.8) is 0 Å². The number of hydrogen-bond acceptors (Lipinski definition) is 3. The number of carbonyl (C=O) groups excluding carboxylic acids is 1. The molecule has 0 saturated heterocycles. The van der Waals surface area contributed by atoms with Crippen LogP contribution in [0.2, 0.25) is 0 Å². The lowest BCUT2D eigenvalue weighted by molar-refractivity contribution is -0.119. The molecule has 1 aromatic rings. The molecule has 1 rings (SSSR count). The van der Waals surface area contributed by atoms with E-state index in [9.17, 15) is 9.90 Å². The molecule has 3 nitrogen and oxygen atoms in total. The van der Waals surface area contributed by atoms with Gasteiger partial charge in [0.15, 0.2) is 0 Å². The molecule has 1 aromatic carbocycles. The van der Waals surface area contributed by atoms with Gasteiger partial charge in [-0.3, -0.25) is 4.79 Å². The average molecular weight is 281 g/mol. The van der Waals surface area contributed by atoms with Gasteiger partial charge in [0, 0.05) is 11.4 Å². The first-order valence-corrected chi connectivity index (χ1v) is 7.60. The zero-order valence-electron chi connectivity index (χ0n) is 11.8. The zero-order valence-corrected chi connectivity index (χ0v) is 12.7. The molecular weight excluding hydrogens is 258 g/mol. The van der Waals surface area contributed by atoms with Crippen molar-refractivity contribution in [2.24, 2.45) is 5.92 Å². The normalized spacial score (nSPS) is 12.5. The van der Waals surface area contributed by atoms with Crippen LogP contribution in [0.5, 0.6) is 0 Å². The SMILES string of the molecule is Cc1ccccc1SCC(=O)NCC(O)CC(C)C. The Bertz CT molecular complexity index is 407. The maximum atomic E-state index is 11.7. The third-order valence-corrected chi connectivity index (χ3v) is 3.91. The minimum absolute atomic E-state index is 0.0314. The quantitative estimate of drug-likeness (QED) is 0.755. The van der Waals surface area contributed by atoms with Crippen LogP contribution in [0, 0.1) is 12.8 Å². The summed E-state index contributed by atoms with van der Waals surface area (Å²) < 4.78 is 0. The topological polar surface area (TPSA) is 49.3 Å². The van der Waals surface area contributed by atoms with Crippen LogP contribution in [0.1, 0.15) is 25.8 Å². The first-order chi connectivity index (χ1) is 8.99. The van der Waals surface area contributed by atoms with Gasteiger partial charge in [-0.1, -0.05) is 32.0 Å². The van der Waals surface area contributed by atoms with Crippen molar-refractivity contribution in [1.29, 1.82) is 0 Å². The molecule has 1 unspecified atom stereocenters. The minimum atomic E-state index is -0.451. The van der Waals surface area contributed by atoms with E-state index in [0.29, 0.717) is 24.6 Å². The summed E-state index contributed by atoms with van der Waals surface area (Å²) in [7, 11) is 0. The van der Waals surface area contributed by atoms with Crippen LogP contribution in [-0.4, -0.2) is 29.4 Å². The van der Waals surface area contributed by atoms with Gasteiger partial charge in [-0.2, -0.15) is 0 Å². The fourth-order valence-electron chi connectivity index (χ4n) is 1.77. The van der Waals surface area contributed by atoms with Crippen LogP contribution in [0.15, 0.2) is 29.2 Å². The fourth-order valence-corrected chi connectivity index (χ4v) is 2.63. The molecule has 4 heteroatoms. The molecule has 0 spiro atoms. The third-order valence-electron chi connectivity index (χ3n) is 2.73. The predicted molar refractivity (Wildman–Crippen MR) is 80.4 cm³/mol. The Kier molecular flexibility index (Phi) is 6.95. The van der Waals surface area contributed by atoms with Gasteiger partial charge in [0.2, 0.25) is 5.91 Å². The Labute approximate surface area is 119 Å². The van der Waals surface area contributed by atoms with Gasteiger partial charge in [0.25, 0.3) is 0 Å². The van der Waals surface area contributed by atoms with Gasteiger partial charge in [-0.15, -0.1) is 11.8 Å². The molecule has 0 fully saturated rings. The van der Waals surface area contributed by atoms with E-state index in [4.69, 9.17) is 0 Å². The second kappa shape index (κ2) is 8.23. The highest BCUT2D eigenvalue weighted by atomic mass is 32.2. The van der Waals surface area contributed by atoms with Crippen LogP contribution in [0.3, 0.4) is 0 Å². The number of hydrogen-bond donors (Lipinski definition) is 2. The number of aryl methyl sites for hydroxylation is 1. The lowest BCUT2D eigenvalue weighted by atomic mass is 10.1. The summed E-state index contributed by atoms with van der Waals surface area (Å²) in [4.78, 5) is 12.8. The van der Waals surface area contributed by atoms with Gasteiger partial charge in [-0.05, 0) is 30.9 Å². The first-order valence-electron chi connectivity index (χ1n) is 6.62. The van der Waals surface area contributed by atoms with Crippen molar-refractivity contribution in [3.05, 3.63) is 29.8 Å². The summed E-state index contributed by atoms with van der Waals surface area (Å²) in [6, 6.07) is 8.01. The maximum absolute atomic E-state index is 11.7. The molecular formula is C15H23NO2S. The molecule has 0 radical (unpaired) electrons. The van der Waals surface area contributed by atoms with E-state index in [-0.39, 0.29) is 5.91 Å². The molecule has 0 saturated carbocycles. The molecule has 1 atom stereocenters. The predicted octanol–water partition coefficient (Wildman–Crippen LogP) is 2.61. The van der Waals surface area contributed by atoms with Crippen molar-refractivity contribution < 1.29 is 9.90 Å². The summed E-state index contributed by atoms with van der Waals surface area (Å²) in [6.45, 7) is 6.48. The summed E-state index contributed by atoms with van der Waals surface area (Å²) in [5.41, 5.74) is 1.18. The Morgan fingerprint density at radius 1 is 1.37 bits per heavy atom. The zero-order chi connectivity index (χ0) is 14.3. The largest absolute Gasteiger partial charge is 0.391 e. The second-order valence-corrected chi connectivity index (χ2v) is 6.16. The highest BCUT2D eigenvalue weighted by Gasteiger charge is 2.09. The molecule has 0 aliphatic carbocycles. The molecule has 1 amide bonds. The van der Waals surface area contributed by atoms with E-state index >= 15 is 0 Å². The number of thioether (sulfide) groups is 1. The van der Waals surface area contributed by atoms with E-state index in [1.165, 1.54) is 17.3 Å². The summed E-state index contributed by atoms with van der Waals surface area (Å²) >= 11 is 1.53. The van der Waals surface area contributed by atoms with E-state index in [0.717, 1.165) is 4.90 Å². The molecule has 0 aliphatic rings. The highest BCUT2D eigenvalue weighted by Crippen LogP contribution is 2.21. The Hall–Kier alpha value is -1.00. The van der Waals surface area contributed by atoms with Crippen LogP contribution < -0.4 is 5.32 Å². The van der Waals surface area contributed by atoms with E-state index in [1.807, 2.05) is 31.2 Å². The van der Waals surface area contributed by atoms with Gasteiger partial charge >= 0.3 is 0 Å². The fraction of sp³-hybridized carbons (Fsp3) is 0.533. The van der Waals surface area contributed by atoms with Crippen LogP contribution in [0.25, 0.3) is 0 Å². The van der Waals surface area contributed by atoms with E-state index in [2.05, 4.69) is 19.2 Å². The molecule has 0 aliphatic heterocycles. The Balaban J connectivity index is 2.27. The molecule has 2 N–H and O–H groups in total. The number of aliphatic hydroxyl groups is 1. The Morgan fingerprint density at radius 2 is 2.05 bits per heavy atom. The lowest BCUT2D eigenvalue weighted by Crippen LogP contribution is -2.33. The van der Waals surface area contributed by atoms with Gasteiger partial charge in [0.05, 0.1) is 11.9 Å². The van der Waals surface area contributed by atoms with Crippen molar-refractivity contribution >= 4 is 17.7 Å². The summed E-state index contributed by atoms with van der Waals surface area (Å²) in [6.07, 6.45) is 0.262. The summed E-state index contributed by atoms with van der Waals surface area (Å²) in [5.74, 6) is 0.795. The van der Waals surface area contributed by atoms with Crippen LogP contribution in [0.4, 0.5) is 0 Å². The number of aliphatic hydroxyl groups excluding tert-OH is 1. The smallest absolute Gasteiger partial charge is 0.230 e. The minimum Gasteiger partial charge on any atom is -0.391 e. The molecule has 0 aromatic heterocycles. The van der Waals surface area contributed by atoms with Gasteiger partial charge < -0.3 is 10.4 Å². The Morgan fingerprint density at radius 3 is 2.68 bits per heavy atom. The number of rotatable bonds is 7. The van der Waals surface area contributed by atoms with Gasteiger partial charge in [-0.25, -0.2) is 0 Å². The first kappa shape index (κ1) is 16.1. The van der Waals surface area contributed by atoms with Gasteiger partial charge in [0.1, 0.15) is 0 Å². The van der Waals surface area contributed by atoms with E-state index < -0.39 is 6.10 Å². The number of nitrogens with one attached hydrogen (secondary N) is 1. The van der Waals surface area contributed by atoms with Crippen LogP contribution >= 0.6 is 11.8 Å². The molecule has 106 valence electrons. The second-order valence-electron chi connectivity index (χ2n) is 5.14. The average Bonchev–Trinajstić information content (AvgIpc) is 2.34. The van der Waals surface area contributed by atoms with Crippen molar-refractivity contribution in [3.8, 4) is 0 Å². The molecule has 0 bridgehead atoms. The maximum Gasteiger partial charge on any atom is 0.230 e. The van der Waals surface area contributed by atoms with Crippen molar-refractivity contribution in [1.82, 2.24) is 5.32 Å². The lowest BCUT2D eigenvalue weighted by Gasteiger charge is -2.13. The summed E-state index contributed by atoms with van der Waals surface area (Å²) in [5, 5.41) is 12.4. The number of carbonyl (C=O) groups is 1. The van der Waals surface area contributed by atoms with E-state index in [1.54, 1.807) is 0 Å². The third kappa shape index (κ3) is 6.64.